The van der Waals surface area contributed by atoms with Crippen molar-refractivity contribution >= 4 is 23.1 Å². The second kappa shape index (κ2) is 8.13. The maximum atomic E-state index is 12.3. The highest BCUT2D eigenvalue weighted by Gasteiger charge is 2.16. The van der Waals surface area contributed by atoms with Gasteiger partial charge in [0.05, 0.1) is 5.56 Å². The first-order chi connectivity index (χ1) is 13.0. The summed E-state index contributed by atoms with van der Waals surface area (Å²) in [4.78, 5) is 23.6. The number of ketones is 1. The first-order valence-corrected chi connectivity index (χ1v) is 9.33. The Bertz CT molecular complexity index is 960. The van der Waals surface area contributed by atoms with Gasteiger partial charge in [-0.3, -0.25) is 4.79 Å². The molecule has 0 unspecified atom stereocenters. The van der Waals surface area contributed by atoms with Gasteiger partial charge in [0, 0.05) is 43.8 Å². The fourth-order valence-electron chi connectivity index (χ4n) is 2.69. The summed E-state index contributed by atoms with van der Waals surface area (Å²) in [6.45, 7) is 2.57. The van der Waals surface area contributed by atoms with Gasteiger partial charge in [-0.15, -0.1) is 10.2 Å². The van der Waals surface area contributed by atoms with Gasteiger partial charge in [-0.2, -0.15) is 0 Å². The lowest BCUT2D eigenvalue weighted by atomic mass is 10.1. The predicted molar refractivity (Wildman–Crippen MR) is 101 cm³/mol. The normalized spacial score (nSPS) is 10.9. The molecule has 140 valence electrons. The van der Waals surface area contributed by atoms with Crippen LogP contribution in [-0.2, 0) is 24.2 Å². The van der Waals surface area contributed by atoms with E-state index in [1.165, 1.54) is 11.3 Å². The van der Waals surface area contributed by atoms with Crippen molar-refractivity contribution in [3.05, 3.63) is 52.8 Å². The highest BCUT2D eigenvalue weighted by Crippen LogP contribution is 2.25. The quantitative estimate of drug-likeness (QED) is 0.617. The van der Waals surface area contributed by atoms with E-state index in [0.717, 1.165) is 15.6 Å². The summed E-state index contributed by atoms with van der Waals surface area (Å²) in [5, 5.41) is 28.3. The van der Waals surface area contributed by atoms with Crippen LogP contribution in [0.15, 0.2) is 36.7 Å². The number of rotatable bonds is 8. The number of aromatic nitrogens is 3. The van der Waals surface area contributed by atoms with Crippen molar-refractivity contribution in [2.24, 2.45) is 0 Å². The van der Waals surface area contributed by atoms with Crippen LogP contribution in [-0.4, -0.2) is 36.7 Å². The molecule has 0 radical (unpaired) electrons. The molecule has 7 nitrogen and oxygen atoms in total. The summed E-state index contributed by atoms with van der Waals surface area (Å²) in [7, 11) is 0. The van der Waals surface area contributed by atoms with E-state index in [9.17, 15) is 19.8 Å². The largest absolute Gasteiger partial charge is 0.508 e. The van der Waals surface area contributed by atoms with Crippen molar-refractivity contribution in [3.63, 3.8) is 0 Å². The zero-order valence-corrected chi connectivity index (χ0v) is 15.6. The number of carboxylic acids is 1. The first kappa shape index (κ1) is 18.8. The molecule has 0 amide bonds. The van der Waals surface area contributed by atoms with Crippen LogP contribution < -0.4 is 0 Å². The average Bonchev–Trinajstić information content (AvgIpc) is 3.27. The molecule has 0 fully saturated rings. The van der Waals surface area contributed by atoms with Crippen LogP contribution in [0.4, 0.5) is 0 Å². The summed E-state index contributed by atoms with van der Waals surface area (Å²) in [6.07, 6.45) is 4.11. The second-order valence-corrected chi connectivity index (χ2v) is 7.16. The molecule has 2 aromatic heterocycles. The van der Waals surface area contributed by atoms with Crippen LogP contribution in [0.2, 0.25) is 0 Å². The van der Waals surface area contributed by atoms with Crippen LogP contribution in [0.5, 0.6) is 5.75 Å². The number of carbonyl (C=O) groups is 2. The lowest BCUT2D eigenvalue weighted by Crippen LogP contribution is -2.07. The van der Waals surface area contributed by atoms with E-state index in [-0.39, 0.29) is 29.9 Å². The van der Waals surface area contributed by atoms with E-state index >= 15 is 0 Å². The molecular formula is C19H19N3O4S. The van der Waals surface area contributed by atoms with Crippen molar-refractivity contribution in [1.82, 2.24) is 14.8 Å². The molecule has 0 aliphatic heterocycles. The van der Waals surface area contributed by atoms with Crippen molar-refractivity contribution in [1.29, 1.82) is 0 Å². The molecule has 27 heavy (non-hydrogen) atoms. The highest BCUT2D eigenvalue weighted by atomic mass is 32.1. The van der Waals surface area contributed by atoms with Crippen LogP contribution >= 0.6 is 11.3 Å². The summed E-state index contributed by atoms with van der Waals surface area (Å²) in [5.74, 6) is -0.868. The lowest BCUT2D eigenvalue weighted by molar-refractivity contribution is -0.118. The molecule has 3 rings (SSSR count). The van der Waals surface area contributed by atoms with Gasteiger partial charge < -0.3 is 14.8 Å². The molecule has 0 saturated carbocycles. The molecule has 0 bridgehead atoms. The van der Waals surface area contributed by atoms with Crippen molar-refractivity contribution in [2.45, 2.75) is 32.7 Å². The van der Waals surface area contributed by atoms with Crippen LogP contribution in [0, 0.1) is 0 Å². The molecule has 2 heterocycles. The number of benzene rings is 1. The van der Waals surface area contributed by atoms with Crippen LogP contribution in [0.25, 0.3) is 10.6 Å². The Hall–Kier alpha value is -3.00. The number of aryl methyl sites for hydroxylation is 2. The van der Waals surface area contributed by atoms with E-state index in [2.05, 4.69) is 10.2 Å². The number of carboxylic acid groups (broad SMARTS) is 1. The fraction of sp³-hybridized carbons (Fsp3) is 0.263. The minimum atomic E-state index is -1.02. The molecule has 2 N–H and O–H groups in total. The Morgan fingerprint density at radius 2 is 1.89 bits per heavy atom. The third kappa shape index (κ3) is 4.59. The van der Waals surface area contributed by atoms with Crippen molar-refractivity contribution in [3.8, 4) is 16.3 Å². The smallest absolute Gasteiger partial charge is 0.337 e. The Morgan fingerprint density at radius 1 is 1.15 bits per heavy atom. The Kier molecular flexibility index (Phi) is 5.66. The predicted octanol–water partition coefficient (Wildman–Crippen LogP) is 3.17. The Morgan fingerprint density at radius 3 is 2.56 bits per heavy atom. The second-order valence-electron chi connectivity index (χ2n) is 6.10. The third-order valence-corrected chi connectivity index (χ3v) is 5.18. The SMILES string of the molecule is CCn1cc(CC(=O)CCc2nnc(-c3ccc(O)cc3)s2)c(C(=O)O)c1. The number of hydrogen-bond donors (Lipinski definition) is 2. The maximum Gasteiger partial charge on any atom is 0.337 e. The number of phenolic OH excluding ortho intramolecular Hbond substituents is 1. The molecular weight excluding hydrogens is 366 g/mol. The molecule has 0 saturated heterocycles. The molecule has 0 atom stereocenters. The van der Waals surface area contributed by atoms with Crippen molar-refractivity contribution in [2.75, 3.05) is 0 Å². The van der Waals surface area contributed by atoms with Gasteiger partial charge >= 0.3 is 5.97 Å². The van der Waals surface area contributed by atoms with Gasteiger partial charge in [0.25, 0.3) is 0 Å². The zero-order valence-electron chi connectivity index (χ0n) is 14.8. The number of aromatic carboxylic acids is 1. The van der Waals surface area contributed by atoms with Gasteiger partial charge in [-0.05, 0) is 36.8 Å². The van der Waals surface area contributed by atoms with Crippen LogP contribution in [0.3, 0.4) is 0 Å². The van der Waals surface area contributed by atoms with E-state index in [0.29, 0.717) is 18.5 Å². The van der Waals surface area contributed by atoms with Gasteiger partial charge in [-0.1, -0.05) is 11.3 Å². The van der Waals surface area contributed by atoms with E-state index in [1.807, 2.05) is 6.92 Å². The summed E-state index contributed by atoms with van der Waals surface area (Å²) in [6, 6.07) is 6.69. The summed E-state index contributed by atoms with van der Waals surface area (Å²) in [5.41, 5.74) is 1.57. The fourth-order valence-corrected chi connectivity index (χ4v) is 3.54. The number of phenols is 1. The van der Waals surface area contributed by atoms with E-state index < -0.39 is 5.97 Å². The minimum Gasteiger partial charge on any atom is -0.508 e. The van der Waals surface area contributed by atoms with Gasteiger partial charge in [0.15, 0.2) is 0 Å². The molecule has 8 heteroatoms. The number of carbonyl (C=O) groups excluding carboxylic acids is 1. The molecule has 1 aromatic carbocycles. The average molecular weight is 385 g/mol. The monoisotopic (exact) mass is 385 g/mol. The van der Waals surface area contributed by atoms with E-state index in [1.54, 1.807) is 41.2 Å². The summed E-state index contributed by atoms with van der Waals surface area (Å²) < 4.78 is 1.76. The standard InChI is InChI=1S/C19H19N3O4S/c1-2-22-10-13(16(11-22)19(25)26)9-15(24)7-8-17-20-21-18(27-17)12-3-5-14(23)6-4-12/h3-6,10-11,23H,2,7-9H2,1H3,(H,25,26). The first-order valence-electron chi connectivity index (χ1n) is 8.51. The maximum absolute atomic E-state index is 12.3. The zero-order chi connectivity index (χ0) is 19.4. The summed E-state index contributed by atoms with van der Waals surface area (Å²) >= 11 is 1.40. The Labute approximate surface area is 159 Å². The number of hydrogen-bond acceptors (Lipinski definition) is 6. The number of nitrogens with zero attached hydrogens (tertiary/aromatic N) is 3. The van der Waals surface area contributed by atoms with Crippen molar-refractivity contribution < 1.29 is 19.8 Å². The molecule has 0 aliphatic carbocycles. The number of Topliss-reactive ketones (excluding diaryl/α,β-unsaturated/α-hetero) is 1. The number of aromatic hydroxyl groups is 1. The molecule has 3 aromatic rings. The Balaban J connectivity index is 1.61. The van der Waals surface area contributed by atoms with Gasteiger partial charge in [0.1, 0.15) is 21.5 Å². The van der Waals surface area contributed by atoms with Gasteiger partial charge in [-0.25, -0.2) is 4.79 Å². The topological polar surface area (TPSA) is 105 Å². The molecule has 0 aliphatic rings. The molecule has 0 spiro atoms. The van der Waals surface area contributed by atoms with Gasteiger partial charge in [0.2, 0.25) is 0 Å². The van der Waals surface area contributed by atoms with Crippen LogP contribution in [0.1, 0.15) is 34.3 Å². The lowest BCUT2D eigenvalue weighted by Gasteiger charge is -1.99. The van der Waals surface area contributed by atoms with E-state index in [4.69, 9.17) is 0 Å². The third-order valence-electron chi connectivity index (χ3n) is 4.14. The minimum absolute atomic E-state index is 0.0345. The highest BCUT2D eigenvalue weighted by molar-refractivity contribution is 7.14.